The third-order valence-corrected chi connectivity index (χ3v) is 7.06. The molecule has 2 saturated heterocycles. The van der Waals surface area contributed by atoms with E-state index >= 15 is 0 Å². The van der Waals surface area contributed by atoms with E-state index in [4.69, 9.17) is 9.47 Å². The molecular weight excluding hydrogens is 396 g/mol. The fourth-order valence-corrected chi connectivity index (χ4v) is 4.88. The van der Waals surface area contributed by atoms with E-state index in [0.717, 1.165) is 12.8 Å². The lowest BCUT2D eigenvalue weighted by Crippen LogP contribution is -2.40. The van der Waals surface area contributed by atoms with E-state index < -0.39 is 10.0 Å². The molecule has 2 aliphatic rings. The van der Waals surface area contributed by atoms with Gasteiger partial charge in [-0.25, -0.2) is 8.42 Å². The van der Waals surface area contributed by atoms with Crippen LogP contribution in [0.2, 0.25) is 0 Å². The minimum atomic E-state index is -3.57. The topological polar surface area (TPSA) is 103 Å². The lowest BCUT2D eigenvalue weighted by Gasteiger charge is -2.26. The van der Waals surface area contributed by atoms with E-state index in [2.05, 4.69) is 10.4 Å². The summed E-state index contributed by atoms with van der Waals surface area (Å²) in [4.78, 5) is 12.7. The number of carbonyl (C=O) groups is 1. The SMILES string of the molecule is O=C(Nc1cnn(C2CCOCC2)c1)c1ccc(S(=O)(=O)N2CCOCC2)cc1. The van der Waals surface area contributed by atoms with Crippen LogP contribution in [-0.4, -0.2) is 67.9 Å². The van der Waals surface area contributed by atoms with Crippen molar-refractivity contribution in [3.8, 4) is 0 Å². The Bertz CT molecular complexity index is 945. The van der Waals surface area contributed by atoms with Crippen molar-refractivity contribution in [3.05, 3.63) is 42.2 Å². The van der Waals surface area contributed by atoms with Crippen LogP contribution in [0.15, 0.2) is 41.6 Å². The average Bonchev–Trinajstić information content (AvgIpc) is 3.23. The quantitative estimate of drug-likeness (QED) is 0.787. The Hall–Kier alpha value is -2.27. The Morgan fingerprint density at radius 3 is 2.38 bits per heavy atom. The van der Waals surface area contributed by atoms with Crippen LogP contribution in [0, 0.1) is 0 Å². The van der Waals surface area contributed by atoms with Crippen LogP contribution < -0.4 is 5.32 Å². The van der Waals surface area contributed by atoms with Crippen molar-refractivity contribution in [1.82, 2.24) is 14.1 Å². The van der Waals surface area contributed by atoms with Gasteiger partial charge in [0, 0.05) is 38.1 Å². The number of nitrogens with zero attached hydrogens (tertiary/aromatic N) is 3. The van der Waals surface area contributed by atoms with Gasteiger partial charge in [-0.2, -0.15) is 9.40 Å². The lowest BCUT2D eigenvalue weighted by molar-refractivity contribution is 0.0662. The summed E-state index contributed by atoms with van der Waals surface area (Å²) < 4.78 is 39.1. The Labute approximate surface area is 169 Å². The molecular formula is C19H24N4O5S. The summed E-state index contributed by atoms with van der Waals surface area (Å²) in [5, 5.41) is 7.15. The molecule has 1 aromatic heterocycles. The van der Waals surface area contributed by atoms with E-state index in [1.54, 1.807) is 6.20 Å². The van der Waals surface area contributed by atoms with Gasteiger partial charge in [0.05, 0.1) is 36.0 Å². The number of morpholine rings is 1. The van der Waals surface area contributed by atoms with Gasteiger partial charge in [0.25, 0.3) is 5.91 Å². The smallest absolute Gasteiger partial charge is 0.255 e. The average molecular weight is 420 g/mol. The number of ether oxygens (including phenoxy) is 2. The van der Waals surface area contributed by atoms with Crippen molar-refractivity contribution in [2.75, 3.05) is 44.8 Å². The summed E-state index contributed by atoms with van der Waals surface area (Å²) >= 11 is 0. The van der Waals surface area contributed by atoms with Crippen molar-refractivity contribution < 1.29 is 22.7 Å². The van der Waals surface area contributed by atoms with E-state index in [1.807, 2.05) is 10.9 Å². The Kier molecular flexibility index (Phi) is 5.95. The van der Waals surface area contributed by atoms with Gasteiger partial charge in [-0.15, -0.1) is 0 Å². The molecule has 0 radical (unpaired) electrons. The van der Waals surface area contributed by atoms with Crippen molar-refractivity contribution in [1.29, 1.82) is 0 Å². The maximum absolute atomic E-state index is 12.7. The third-order valence-electron chi connectivity index (χ3n) is 5.15. The summed E-state index contributed by atoms with van der Waals surface area (Å²) in [5.74, 6) is -0.313. The van der Waals surface area contributed by atoms with Crippen LogP contribution >= 0.6 is 0 Å². The number of nitrogens with one attached hydrogen (secondary N) is 1. The molecule has 0 aliphatic carbocycles. The van der Waals surface area contributed by atoms with Crippen molar-refractivity contribution in [2.45, 2.75) is 23.8 Å². The summed E-state index contributed by atoms with van der Waals surface area (Å²) in [6.45, 7) is 2.88. The molecule has 9 nitrogen and oxygen atoms in total. The zero-order valence-corrected chi connectivity index (χ0v) is 16.8. The molecule has 0 bridgehead atoms. The number of anilines is 1. The monoisotopic (exact) mass is 420 g/mol. The summed E-state index contributed by atoms with van der Waals surface area (Å²) in [6, 6.07) is 6.24. The first-order chi connectivity index (χ1) is 14.0. The number of hydrogen-bond acceptors (Lipinski definition) is 6. The van der Waals surface area contributed by atoms with Gasteiger partial charge in [0.2, 0.25) is 10.0 Å². The minimum Gasteiger partial charge on any atom is -0.381 e. The van der Waals surface area contributed by atoms with Crippen LogP contribution in [0.5, 0.6) is 0 Å². The maximum Gasteiger partial charge on any atom is 0.255 e. The molecule has 3 heterocycles. The number of amides is 1. The summed E-state index contributed by atoms with van der Waals surface area (Å²) in [7, 11) is -3.57. The summed E-state index contributed by atoms with van der Waals surface area (Å²) in [5.41, 5.74) is 0.983. The molecule has 2 fully saturated rings. The molecule has 29 heavy (non-hydrogen) atoms. The zero-order chi connectivity index (χ0) is 20.3. The molecule has 2 aromatic rings. The van der Waals surface area contributed by atoms with Crippen molar-refractivity contribution in [3.63, 3.8) is 0 Å². The fourth-order valence-electron chi connectivity index (χ4n) is 3.47. The number of sulfonamides is 1. The van der Waals surface area contributed by atoms with E-state index in [-0.39, 0.29) is 16.8 Å². The predicted octanol–water partition coefficient (Wildman–Crippen LogP) is 1.51. The van der Waals surface area contributed by atoms with Gasteiger partial charge < -0.3 is 14.8 Å². The van der Waals surface area contributed by atoms with Gasteiger partial charge in [-0.3, -0.25) is 9.48 Å². The van der Waals surface area contributed by atoms with Gasteiger partial charge >= 0.3 is 0 Å². The van der Waals surface area contributed by atoms with Crippen molar-refractivity contribution in [2.24, 2.45) is 0 Å². The van der Waals surface area contributed by atoms with E-state index in [0.29, 0.717) is 50.8 Å². The first-order valence-electron chi connectivity index (χ1n) is 9.65. The number of carbonyl (C=O) groups excluding carboxylic acids is 1. The number of aromatic nitrogens is 2. The lowest BCUT2D eigenvalue weighted by atomic mass is 10.1. The number of benzene rings is 1. The van der Waals surface area contributed by atoms with Crippen LogP contribution in [0.4, 0.5) is 5.69 Å². The molecule has 0 saturated carbocycles. The second kappa shape index (κ2) is 8.62. The van der Waals surface area contributed by atoms with Crippen molar-refractivity contribution >= 4 is 21.6 Å². The zero-order valence-electron chi connectivity index (χ0n) is 16.0. The Balaban J connectivity index is 1.41. The highest BCUT2D eigenvalue weighted by Gasteiger charge is 2.26. The highest BCUT2D eigenvalue weighted by Crippen LogP contribution is 2.22. The van der Waals surface area contributed by atoms with E-state index in [1.165, 1.54) is 28.6 Å². The molecule has 10 heteroatoms. The molecule has 2 aliphatic heterocycles. The van der Waals surface area contributed by atoms with Gasteiger partial charge in [-0.1, -0.05) is 0 Å². The molecule has 0 unspecified atom stereocenters. The Morgan fingerprint density at radius 1 is 1.03 bits per heavy atom. The normalized spacial score (nSPS) is 19.2. The molecule has 0 atom stereocenters. The second-order valence-electron chi connectivity index (χ2n) is 7.05. The highest BCUT2D eigenvalue weighted by atomic mass is 32.2. The molecule has 0 spiro atoms. The van der Waals surface area contributed by atoms with E-state index in [9.17, 15) is 13.2 Å². The van der Waals surface area contributed by atoms with Gasteiger partial charge in [0.15, 0.2) is 0 Å². The first-order valence-corrected chi connectivity index (χ1v) is 11.1. The Morgan fingerprint density at radius 2 is 1.69 bits per heavy atom. The second-order valence-corrected chi connectivity index (χ2v) is 8.99. The van der Waals surface area contributed by atoms with Crippen LogP contribution in [0.1, 0.15) is 29.2 Å². The molecule has 1 N–H and O–H groups in total. The molecule has 1 amide bonds. The largest absolute Gasteiger partial charge is 0.381 e. The predicted molar refractivity (Wildman–Crippen MR) is 105 cm³/mol. The van der Waals surface area contributed by atoms with Gasteiger partial charge in [-0.05, 0) is 37.1 Å². The first kappa shape index (κ1) is 20.0. The molecule has 4 rings (SSSR count). The fraction of sp³-hybridized carbons (Fsp3) is 0.474. The van der Waals surface area contributed by atoms with Crippen LogP contribution in [-0.2, 0) is 19.5 Å². The summed E-state index contributed by atoms with van der Waals surface area (Å²) in [6.07, 6.45) is 5.22. The standard InChI is InChI=1S/C19H24N4O5S/c24-19(21-16-13-20-23(14-16)17-5-9-27-10-6-17)15-1-3-18(4-2-15)29(25,26)22-7-11-28-12-8-22/h1-4,13-14,17H,5-12H2,(H,21,24). The van der Waals surface area contributed by atoms with Gasteiger partial charge in [0.1, 0.15) is 0 Å². The van der Waals surface area contributed by atoms with Crippen LogP contribution in [0.25, 0.3) is 0 Å². The minimum absolute atomic E-state index is 0.170. The van der Waals surface area contributed by atoms with Crippen LogP contribution in [0.3, 0.4) is 0 Å². The maximum atomic E-state index is 12.7. The molecule has 156 valence electrons. The number of rotatable bonds is 5. The number of hydrogen-bond donors (Lipinski definition) is 1. The third kappa shape index (κ3) is 4.50. The molecule has 1 aromatic carbocycles. The highest BCUT2D eigenvalue weighted by molar-refractivity contribution is 7.89.